The predicted molar refractivity (Wildman–Crippen MR) is 72.4 cm³/mol. The molecule has 0 heterocycles. The third-order valence-corrected chi connectivity index (χ3v) is 2.87. The minimum atomic E-state index is 0.0298. The van der Waals surface area contributed by atoms with Crippen LogP contribution in [0.5, 0.6) is 5.75 Å². The fraction of sp³-hybridized carbons (Fsp3) is 0.0769. The van der Waals surface area contributed by atoms with E-state index in [1.807, 2.05) is 71.5 Å². The van der Waals surface area contributed by atoms with Crippen molar-refractivity contribution in [2.75, 3.05) is 0 Å². The molecule has 0 amide bonds. The molecule has 2 aromatic rings. The molecule has 3 heteroatoms. The first kappa shape index (κ1) is 11.4. The van der Waals surface area contributed by atoms with Gasteiger partial charge in [0.15, 0.2) is 23.0 Å². The SMILES string of the molecule is OCc1ccc(-c2ccccc2)c(OI)c1. The monoisotopic (exact) mass is 326 g/mol. The van der Waals surface area contributed by atoms with Crippen molar-refractivity contribution in [3.8, 4) is 16.9 Å². The van der Waals surface area contributed by atoms with Crippen LogP contribution in [-0.4, -0.2) is 5.11 Å². The zero-order valence-electron chi connectivity index (χ0n) is 8.56. The summed E-state index contributed by atoms with van der Waals surface area (Å²) in [5.41, 5.74) is 3.00. The topological polar surface area (TPSA) is 29.5 Å². The van der Waals surface area contributed by atoms with E-state index in [0.717, 1.165) is 22.4 Å². The van der Waals surface area contributed by atoms with Gasteiger partial charge in [-0.15, -0.1) is 0 Å². The summed E-state index contributed by atoms with van der Waals surface area (Å²) in [6.45, 7) is 0.0298. The molecule has 0 bridgehead atoms. The standard InChI is InChI=1S/C13H11IO2/c14-16-13-8-10(9-15)6-7-12(13)11-4-2-1-3-5-11/h1-8,15H,9H2. The summed E-state index contributed by atoms with van der Waals surface area (Å²) >= 11 is 1.86. The summed E-state index contributed by atoms with van der Waals surface area (Å²) in [6, 6.07) is 15.8. The lowest BCUT2D eigenvalue weighted by Crippen LogP contribution is -1.87. The van der Waals surface area contributed by atoms with E-state index in [2.05, 4.69) is 0 Å². The number of hydrogen-bond acceptors (Lipinski definition) is 2. The largest absolute Gasteiger partial charge is 0.427 e. The summed E-state index contributed by atoms with van der Waals surface area (Å²) in [5.74, 6) is 0.776. The van der Waals surface area contributed by atoms with Gasteiger partial charge in [0.25, 0.3) is 0 Å². The van der Waals surface area contributed by atoms with Crippen molar-refractivity contribution in [3.05, 3.63) is 54.1 Å². The Morgan fingerprint density at radius 1 is 1.06 bits per heavy atom. The van der Waals surface area contributed by atoms with E-state index >= 15 is 0 Å². The van der Waals surface area contributed by atoms with Crippen molar-refractivity contribution in [1.82, 2.24) is 0 Å². The number of hydrogen-bond donors (Lipinski definition) is 1. The van der Waals surface area contributed by atoms with Crippen molar-refractivity contribution < 1.29 is 8.17 Å². The molecule has 0 aliphatic rings. The first-order valence-electron chi connectivity index (χ1n) is 4.93. The molecule has 82 valence electrons. The summed E-state index contributed by atoms with van der Waals surface area (Å²) < 4.78 is 5.30. The van der Waals surface area contributed by atoms with Crippen LogP contribution in [0.15, 0.2) is 48.5 Å². The smallest absolute Gasteiger partial charge is 0.192 e. The van der Waals surface area contributed by atoms with Gasteiger partial charge in [0.1, 0.15) is 5.75 Å². The van der Waals surface area contributed by atoms with Crippen LogP contribution in [0.2, 0.25) is 0 Å². The van der Waals surface area contributed by atoms with Gasteiger partial charge in [0.2, 0.25) is 0 Å². The van der Waals surface area contributed by atoms with Gasteiger partial charge >= 0.3 is 0 Å². The van der Waals surface area contributed by atoms with Gasteiger partial charge in [-0.3, -0.25) is 0 Å². The minimum Gasteiger partial charge on any atom is -0.427 e. The molecule has 0 fully saturated rings. The fourth-order valence-corrected chi connectivity index (χ4v) is 1.95. The molecule has 0 atom stereocenters. The van der Waals surface area contributed by atoms with Crippen molar-refractivity contribution >= 4 is 23.0 Å². The Labute approximate surface area is 109 Å². The lowest BCUT2D eigenvalue weighted by molar-refractivity contribution is 0.281. The Morgan fingerprint density at radius 2 is 1.81 bits per heavy atom. The molecule has 0 aliphatic heterocycles. The normalized spacial score (nSPS) is 10.1. The molecule has 1 N–H and O–H groups in total. The van der Waals surface area contributed by atoms with E-state index in [-0.39, 0.29) is 6.61 Å². The van der Waals surface area contributed by atoms with Crippen LogP contribution in [0.3, 0.4) is 0 Å². The van der Waals surface area contributed by atoms with E-state index in [0.29, 0.717) is 0 Å². The molecule has 16 heavy (non-hydrogen) atoms. The van der Waals surface area contributed by atoms with Crippen molar-refractivity contribution in [1.29, 1.82) is 0 Å². The quantitative estimate of drug-likeness (QED) is 0.874. The van der Waals surface area contributed by atoms with Gasteiger partial charge in [-0.1, -0.05) is 42.5 Å². The van der Waals surface area contributed by atoms with Crippen LogP contribution in [0.4, 0.5) is 0 Å². The van der Waals surface area contributed by atoms with Crippen LogP contribution in [0.25, 0.3) is 11.1 Å². The maximum atomic E-state index is 9.06. The number of rotatable bonds is 3. The number of aliphatic hydroxyl groups is 1. The Morgan fingerprint density at radius 3 is 2.44 bits per heavy atom. The Balaban J connectivity index is 2.49. The van der Waals surface area contributed by atoms with Crippen LogP contribution in [0, 0.1) is 0 Å². The maximum Gasteiger partial charge on any atom is 0.192 e. The van der Waals surface area contributed by atoms with Crippen molar-refractivity contribution in [2.24, 2.45) is 0 Å². The number of halogens is 1. The molecule has 0 radical (unpaired) electrons. The zero-order valence-corrected chi connectivity index (χ0v) is 10.7. The highest BCUT2D eigenvalue weighted by Crippen LogP contribution is 2.32. The third kappa shape index (κ3) is 2.36. The Hall–Kier alpha value is -1.07. The summed E-state index contributed by atoms with van der Waals surface area (Å²) in [5, 5.41) is 9.06. The highest BCUT2D eigenvalue weighted by atomic mass is 127. The molecule has 2 nitrogen and oxygen atoms in total. The molecule has 0 aliphatic carbocycles. The summed E-state index contributed by atoms with van der Waals surface area (Å²) in [6.07, 6.45) is 0. The molecule has 0 unspecified atom stereocenters. The second-order valence-electron chi connectivity index (χ2n) is 3.43. The Kier molecular flexibility index (Phi) is 3.79. The zero-order chi connectivity index (χ0) is 11.4. The average molecular weight is 326 g/mol. The molecule has 0 spiro atoms. The van der Waals surface area contributed by atoms with Gasteiger partial charge in [0.05, 0.1) is 6.61 Å². The molecule has 0 saturated carbocycles. The fourth-order valence-electron chi connectivity index (χ4n) is 1.59. The third-order valence-electron chi connectivity index (χ3n) is 2.40. The van der Waals surface area contributed by atoms with Gasteiger partial charge in [-0.2, -0.15) is 0 Å². The maximum absolute atomic E-state index is 9.06. The lowest BCUT2D eigenvalue weighted by Gasteiger charge is -2.08. The minimum absolute atomic E-state index is 0.0298. The van der Waals surface area contributed by atoms with Gasteiger partial charge in [0, 0.05) is 5.56 Å². The first-order valence-corrected chi connectivity index (χ1v) is 5.81. The number of aliphatic hydroxyl groups excluding tert-OH is 1. The molecular formula is C13H11IO2. The molecule has 2 rings (SSSR count). The van der Waals surface area contributed by atoms with Crippen LogP contribution >= 0.6 is 23.0 Å². The van der Waals surface area contributed by atoms with Crippen molar-refractivity contribution in [2.45, 2.75) is 6.61 Å². The van der Waals surface area contributed by atoms with E-state index in [1.165, 1.54) is 0 Å². The second-order valence-corrected chi connectivity index (χ2v) is 3.87. The van der Waals surface area contributed by atoms with Crippen molar-refractivity contribution in [3.63, 3.8) is 0 Å². The molecule has 0 aromatic heterocycles. The first-order chi connectivity index (χ1) is 7.85. The number of benzene rings is 2. The van der Waals surface area contributed by atoms with E-state index < -0.39 is 0 Å². The van der Waals surface area contributed by atoms with Gasteiger partial charge in [-0.25, -0.2) is 0 Å². The van der Waals surface area contributed by atoms with Gasteiger partial charge in [-0.05, 0) is 17.2 Å². The van der Waals surface area contributed by atoms with Crippen LogP contribution in [-0.2, 0) is 6.61 Å². The van der Waals surface area contributed by atoms with E-state index in [1.54, 1.807) is 0 Å². The lowest BCUT2D eigenvalue weighted by atomic mass is 10.0. The summed E-state index contributed by atoms with van der Waals surface area (Å²) in [7, 11) is 0. The average Bonchev–Trinajstić information content (AvgIpc) is 2.39. The highest BCUT2D eigenvalue weighted by Gasteiger charge is 2.06. The van der Waals surface area contributed by atoms with Crippen LogP contribution < -0.4 is 3.07 Å². The van der Waals surface area contributed by atoms with E-state index in [4.69, 9.17) is 8.17 Å². The molecule has 0 saturated heterocycles. The summed E-state index contributed by atoms with van der Waals surface area (Å²) in [4.78, 5) is 0. The van der Waals surface area contributed by atoms with Gasteiger partial charge < -0.3 is 8.17 Å². The molecule has 2 aromatic carbocycles. The van der Waals surface area contributed by atoms with Crippen LogP contribution in [0.1, 0.15) is 5.56 Å². The molecular weight excluding hydrogens is 315 g/mol. The second kappa shape index (κ2) is 5.32. The van der Waals surface area contributed by atoms with E-state index in [9.17, 15) is 0 Å². The Bertz CT molecular complexity index is 469. The predicted octanol–water partition coefficient (Wildman–Crippen LogP) is 3.57. The highest BCUT2D eigenvalue weighted by molar-refractivity contribution is 14.1.